The van der Waals surface area contributed by atoms with Crippen molar-refractivity contribution in [3.63, 3.8) is 0 Å². The van der Waals surface area contributed by atoms with Crippen LogP contribution in [0.1, 0.15) is 37.7 Å². The number of H-pyrrole nitrogens is 1. The maximum Gasteiger partial charge on any atom is 0.253 e. The molecule has 0 amide bonds. The van der Waals surface area contributed by atoms with Crippen molar-refractivity contribution < 1.29 is 9.47 Å². The van der Waals surface area contributed by atoms with Crippen molar-refractivity contribution in [3.8, 4) is 11.5 Å². The van der Waals surface area contributed by atoms with Gasteiger partial charge in [0.15, 0.2) is 5.11 Å². The van der Waals surface area contributed by atoms with Gasteiger partial charge in [-0.2, -0.15) is 0 Å². The minimum absolute atomic E-state index is 0.0873. The van der Waals surface area contributed by atoms with Crippen molar-refractivity contribution in [3.05, 3.63) is 64.4 Å². The minimum Gasteiger partial charge on any atom is -0.497 e. The summed E-state index contributed by atoms with van der Waals surface area (Å²) < 4.78 is 10.6. The number of ether oxygens (including phenoxy) is 2. The van der Waals surface area contributed by atoms with E-state index in [1.807, 2.05) is 48.5 Å². The maximum absolute atomic E-state index is 12.9. The highest BCUT2D eigenvalue weighted by Crippen LogP contribution is 2.26. The van der Waals surface area contributed by atoms with Crippen LogP contribution in [0.25, 0.3) is 10.9 Å². The topological polar surface area (TPSA) is 66.6 Å². The van der Waals surface area contributed by atoms with Crippen molar-refractivity contribution in [2.45, 2.75) is 44.7 Å². The first kappa shape index (κ1) is 22.1. The van der Waals surface area contributed by atoms with Crippen molar-refractivity contribution in [1.82, 2.24) is 9.88 Å². The molecule has 1 aromatic heterocycles. The molecule has 7 heteroatoms. The number of hydrogen-bond donors (Lipinski definition) is 2. The van der Waals surface area contributed by atoms with Crippen LogP contribution in [0, 0.1) is 0 Å². The van der Waals surface area contributed by atoms with Gasteiger partial charge in [-0.05, 0) is 73.6 Å². The summed E-state index contributed by atoms with van der Waals surface area (Å²) in [6.07, 6.45) is 5.75. The van der Waals surface area contributed by atoms with Gasteiger partial charge in [0.1, 0.15) is 11.5 Å². The molecule has 1 fully saturated rings. The SMILES string of the molecule is COc1ccc(NC(=S)N(Cc2cc3cc(OC)ccc3[nH]c2=O)C2CCCCC2)cc1. The number of benzene rings is 2. The predicted octanol–water partition coefficient (Wildman–Crippen LogP) is 5.08. The number of thiocarbonyl (C=S) groups is 1. The maximum atomic E-state index is 12.9. The van der Waals surface area contributed by atoms with Gasteiger partial charge in [0.2, 0.25) is 0 Å². The summed E-state index contributed by atoms with van der Waals surface area (Å²) in [6, 6.07) is 15.6. The standard InChI is InChI=1S/C25H29N3O3S/c1-30-21-10-8-19(9-11-21)26-25(32)28(20-6-4-3-5-7-20)16-18-14-17-15-22(31-2)12-13-23(17)27-24(18)29/h8-15,20H,3-7,16H2,1-2H3,(H,26,32)(H,27,29). The van der Waals surface area contributed by atoms with Crippen LogP contribution in [-0.2, 0) is 6.54 Å². The molecule has 1 aliphatic carbocycles. The number of hydrogen-bond acceptors (Lipinski definition) is 4. The molecule has 0 radical (unpaired) electrons. The molecule has 3 aromatic rings. The van der Waals surface area contributed by atoms with E-state index in [0.717, 1.165) is 40.9 Å². The normalized spacial score (nSPS) is 14.2. The molecule has 32 heavy (non-hydrogen) atoms. The van der Waals surface area contributed by atoms with Gasteiger partial charge in [-0.3, -0.25) is 4.79 Å². The van der Waals surface area contributed by atoms with Crippen molar-refractivity contribution >= 4 is 33.9 Å². The third kappa shape index (κ3) is 5.05. The first-order valence-corrected chi connectivity index (χ1v) is 11.4. The minimum atomic E-state index is -0.0873. The van der Waals surface area contributed by atoms with Crippen LogP contribution in [0.4, 0.5) is 5.69 Å². The fourth-order valence-corrected chi connectivity index (χ4v) is 4.62. The average molecular weight is 452 g/mol. The van der Waals surface area contributed by atoms with E-state index in [0.29, 0.717) is 23.3 Å². The smallest absolute Gasteiger partial charge is 0.253 e. The first-order valence-electron chi connectivity index (χ1n) is 11.0. The van der Waals surface area contributed by atoms with Crippen molar-refractivity contribution in [1.29, 1.82) is 0 Å². The van der Waals surface area contributed by atoms with Gasteiger partial charge in [-0.1, -0.05) is 19.3 Å². The Morgan fingerprint density at radius 1 is 1.03 bits per heavy atom. The summed E-state index contributed by atoms with van der Waals surface area (Å²) in [5.74, 6) is 1.56. The summed E-state index contributed by atoms with van der Waals surface area (Å²) >= 11 is 5.83. The average Bonchev–Trinajstić information content (AvgIpc) is 2.83. The Balaban J connectivity index is 1.62. The molecule has 0 saturated heterocycles. The summed E-state index contributed by atoms with van der Waals surface area (Å²) in [7, 11) is 3.29. The molecule has 0 aliphatic heterocycles. The Bertz CT molecular complexity index is 1140. The monoisotopic (exact) mass is 451 g/mol. The number of nitrogens with zero attached hydrogens (tertiary/aromatic N) is 1. The lowest BCUT2D eigenvalue weighted by molar-refractivity contribution is 0.240. The third-order valence-electron chi connectivity index (χ3n) is 6.09. The third-order valence-corrected chi connectivity index (χ3v) is 6.42. The van der Waals surface area contributed by atoms with Crippen LogP contribution in [-0.4, -0.2) is 35.3 Å². The second-order valence-corrected chi connectivity index (χ2v) is 8.54. The molecule has 0 unspecified atom stereocenters. The van der Waals surface area contributed by atoms with E-state index in [1.54, 1.807) is 14.2 Å². The molecule has 2 N–H and O–H groups in total. The number of aromatic nitrogens is 1. The van der Waals surface area contributed by atoms with Gasteiger partial charge in [0, 0.05) is 28.2 Å². The lowest BCUT2D eigenvalue weighted by Gasteiger charge is -2.36. The van der Waals surface area contributed by atoms with Gasteiger partial charge in [-0.25, -0.2) is 0 Å². The van der Waals surface area contributed by atoms with Crippen molar-refractivity contribution in [2.75, 3.05) is 19.5 Å². The van der Waals surface area contributed by atoms with E-state index in [2.05, 4.69) is 15.2 Å². The number of pyridine rings is 1. The summed E-state index contributed by atoms with van der Waals surface area (Å²) in [5.41, 5.74) is 2.29. The largest absolute Gasteiger partial charge is 0.497 e. The molecule has 1 saturated carbocycles. The molecule has 0 bridgehead atoms. The summed E-state index contributed by atoms with van der Waals surface area (Å²) in [4.78, 5) is 18.0. The van der Waals surface area contributed by atoms with Crippen LogP contribution in [0.2, 0.25) is 0 Å². The summed E-state index contributed by atoms with van der Waals surface area (Å²) in [6.45, 7) is 0.454. The number of methoxy groups -OCH3 is 2. The number of anilines is 1. The number of aromatic amines is 1. The van der Waals surface area contributed by atoms with Gasteiger partial charge in [0.05, 0.1) is 20.8 Å². The second-order valence-electron chi connectivity index (χ2n) is 8.16. The Morgan fingerprint density at radius 3 is 2.41 bits per heavy atom. The second kappa shape index (κ2) is 10.0. The van der Waals surface area contributed by atoms with Gasteiger partial charge < -0.3 is 24.7 Å². The highest BCUT2D eigenvalue weighted by atomic mass is 32.1. The van der Waals surface area contributed by atoms with E-state index in [1.165, 1.54) is 19.3 Å². The van der Waals surface area contributed by atoms with Crippen molar-refractivity contribution in [2.24, 2.45) is 0 Å². The molecule has 1 aliphatic rings. The highest BCUT2D eigenvalue weighted by molar-refractivity contribution is 7.80. The van der Waals surface area contributed by atoms with Crippen LogP contribution in [0.3, 0.4) is 0 Å². The molecule has 0 atom stereocenters. The Labute approximate surface area is 193 Å². The van der Waals surface area contributed by atoms with Crippen LogP contribution < -0.4 is 20.3 Å². The number of nitrogens with one attached hydrogen (secondary N) is 2. The Hall–Kier alpha value is -3.06. The zero-order chi connectivity index (χ0) is 22.5. The zero-order valence-corrected chi connectivity index (χ0v) is 19.3. The first-order chi connectivity index (χ1) is 15.6. The quantitative estimate of drug-likeness (QED) is 0.510. The molecule has 1 heterocycles. The fraction of sp³-hybridized carbons (Fsp3) is 0.360. The molecule has 2 aromatic carbocycles. The predicted molar refractivity (Wildman–Crippen MR) is 133 cm³/mol. The van der Waals surface area contributed by atoms with E-state index < -0.39 is 0 Å². The Morgan fingerprint density at radius 2 is 1.72 bits per heavy atom. The summed E-state index contributed by atoms with van der Waals surface area (Å²) in [5, 5.41) is 4.93. The van der Waals surface area contributed by atoms with E-state index in [4.69, 9.17) is 21.7 Å². The van der Waals surface area contributed by atoms with Crippen LogP contribution in [0.15, 0.2) is 53.3 Å². The van der Waals surface area contributed by atoms with Gasteiger partial charge >= 0.3 is 0 Å². The number of fused-ring (bicyclic) bond motifs is 1. The molecule has 4 rings (SSSR count). The molecular weight excluding hydrogens is 422 g/mol. The lowest BCUT2D eigenvalue weighted by Crippen LogP contribution is -2.44. The van der Waals surface area contributed by atoms with E-state index in [9.17, 15) is 4.79 Å². The van der Waals surface area contributed by atoms with Crippen LogP contribution in [0.5, 0.6) is 11.5 Å². The van der Waals surface area contributed by atoms with E-state index >= 15 is 0 Å². The van der Waals surface area contributed by atoms with Gasteiger partial charge in [0.25, 0.3) is 5.56 Å². The highest BCUT2D eigenvalue weighted by Gasteiger charge is 2.24. The van der Waals surface area contributed by atoms with Crippen LogP contribution >= 0.6 is 12.2 Å². The van der Waals surface area contributed by atoms with Gasteiger partial charge in [-0.15, -0.1) is 0 Å². The zero-order valence-electron chi connectivity index (χ0n) is 18.5. The Kier molecular flexibility index (Phi) is 6.95. The fourth-order valence-electron chi connectivity index (χ4n) is 4.29. The number of rotatable bonds is 6. The molecule has 0 spiro atoms. The molecule has 168 valence electrons. The lowest BCUT2D eigenvalue weighted by atomic mass is 9.94. The molecule has 6 nitrogen and oxygen atoms in total. The molecular formula is C25H29N3O3S. The van der Waals surface area contributed by atoms with E-state index in [-0.39, 0.29) is 5.56 Å².